The molecule has 3 nitrogen and oxygen atoms in total. The molecular formula is C16H15ClN2O. The van der Waals surface area contributed by atoms with Gasteiger partial charge in [0.2, 0.25) is 0 Å². The van der Waals surface area contributed by atoms with Gasteiger partial charge < -0.3 is 5.73 Å². The molecule has 2 aromatic rings. The van der Waals surface area contributed by atoms with E-state index in [1.807, 2.05) is 18.2 Å². The molecule has 102 valence electrons. The van der Waals surface area contributed by atoms with Crippen molar-refractivity contribution in [1.29, 1.82) is 0 Å². The fourth-order valence-corrected chi connectivity index (χ4v) is 3.02. The Bertz CT molecular complexity index is 669. The zero-order chi connectivity index (χ0) is 14.1. The van der Waals surface area contributed by atoms with Gasteiger partial charge in [-0.05, 0) is 36.5 Å². The Hall–Kier alpha value is -1.87. The van der Waals surface area contributed by atoms with Crippen LogP contribution in [0.2, 0.25) is 5.02 Å². The van der Waals surface area contributed by atoms with E-state index in [4.69, 9.17) is 17.3 Å². The van der Waals surface area contributed by atoms with Crippen LogP contribution in [-0.4, -0.2) is 10.8 Å². The molecule has 1 aliphatic carbocycles. The van der Waals surface area contributed by atoms with E-state index in [0.717, 1.165) is 24.8 Å². The lowest BCUT2D eigenvalue weighted by Gasteiger charge is -2.24. The zero-order valence-electron chi connectivity index (χ0n) is 11.0. The Morgan fingerprint density at radius 3 is 3.00 bits per heavy atom. The first kappa shape index (κ1) is 13.1. The summed E-state index contributed by atoms with van der Waals surface area (Å²) < 4.78 is 0. The van der Waals surface area contributed by atoms with Crippen molar-refractivity contribution in [3.05, 3.63) is 58.2 Å². The normalized spacial score (nSPS) is 17.6. The van der Waals surface area contributed by atoms with E-state index < -0.39 is 0 Å². The lowest BCUT2D eigenvalue weighted by molar-refractivity contribution is 0.0951. The van der Waals surface area contributed by atoms with E-state index in [1.54, 1.807) is 6.07 Å². The monoisotopic (exact) mass is 286 g/mol. The number of Topliss-reactive ketones (excluding diaryl/α,β-unsaturated/α-hetero) is 1. The zero-order valence-corrected chi connectivity index (χ0v) is 11.7. The number of aromatic nitrogens is 1. The SMILES string of the molecule is Nc1ncc(Cl)cc1C(=O)C1CCCc2ccccc21. The van der Waals surface area contributed by atoms with Gasteiger partial charge in [-0.3, -0.25) is 4.79 Å². The standard InChI is InChI=1S/C16H15ClN2O/c17-11-8-14(16(18)19-9-11)15(20)13-7-3-5-10-4-1-2-6-12(10)13/h1-2,4,6,8-9,13H,3,5,7H2,(H2,18,19). The minimum absolute atomic E-state index is 0.0182. The first-order chi connectivity index (χ1) is 9.66. The van der Waals surface area contributed by atoms with Crippen molar-refractivity contribution in [3.8, 4) is 0 Å². The topological polar surface area (TPSA) is 56.0 Å². The third-order valence-electron chi connectivity index (χ3n) is 3.84. The molecule has 1 aromatic carbocycles. The van der Waals surface area contributed by atoms with Gasteiger partial charge in [-0.1, -0.05) is 35.9 Å². The van der Waals surface area contributed by atoms with E-state index in [-0.39, 0.29) is 17.5 Å². The highest BCUT2D eigenvalue weighted by Gasteiger charge is 2.28. The van der Waals surface area contributed by atoms with E-state index >= 15 is 0 Å². The molecule has 0 bridgehead atoms. The van der Waals surface area contributed by atoms with Gasteiger partial charge in [-0.25, -0.2) is 4.98 Å². The van der Waals surface area contributed by atoms with Crippen LogP contribution in [0.4, 0.5) is 5.82 Å². The van der Waals surface area contributed by atoms with Crippen LogP contribution in [0.25, 0.3) is 0 Å². The summed E-state index contributed by atoms with van der Waals surface area (Å²) >= 11 is 5.93. The molecule has 20 heavy (non-hydrogen) atoms. The van der Waals surface area contributed by atoms with Crippen molar-refractivity contribution in [2.75, 3.05) is 5.73 Å². The molecule has 1 unspecified atom stereocenters. The molecule has 4 heteroatoms. The van der Waals surface area contributed by atoms with Crippen LogP contribution >= 0.6 is 11.6 Å². The van der Waals surface area contributed by atoms with Crippen LogP contribution in [-0.2, 0) is 6.42 Å². The molecule has 2 N–H and O–H groups in total. The lowest BCUT2D eigenvalue weighted by atomic mass is 9.79. The summed E-state index contributed by atoms with van der Waals surface area (Å²) in [5.74, 6) is 0.134. The third kappa shape index (κ3) is 2.29. The number of anilines is 1. The maximum Gasteiger partial charge on any atom is 0.174 e. The minimum Gasteiger partial charge on any atom is -0.383 e. The average Bonchev–Trinajstić information content (AvgIpc) is 2.48. The first-order valence-electron chi connectivity index (χ1n) is 6.70. The number of hydrogen-bond acceptors (Lipinski definition) is 3. The molecule has 0 saturated carbocycles. The predicted octanol–water partition coefficient (Wildman–Crippen LogP) is 3.62. The van der Waals surface area contributed by atoms with Crippen LogP contribution < -0.4 is 5.73 Å². The van der Waals surface area contributed by atoms with Crippen molar-refractivity contribution in [3.63, 3.8) is 0 Å². The van der Waals surface area contributed by atoms with Crippen LogP contribution in [0.1, 0.15) is 40.2 Å². The molecule has 0 saturated heterocycles. The average molecular weight is 287 g/mol. The Labute approximate surface area is 122 Å². The number of benzene rings is 1. The number of rotatable bonds is 2. The number of hydrogen-bond donors (Lipinski definition) is 1. The molecular weight excluding hydrogens is 272 g/mol. The summed E-state index contributed by atoms with van der Waals surface area (Å²) in [5.41, 5.74) is 8.63. The highest BCUT2D eigenvalue weighted by molar-refractivity contribution is 6.31. The van der Waals surface area contributed by atoms with Crippen LogP contribution in [0.5, 0.6) is 0 Å². The van der Waals surface area contributed by atoms with Crippen molar-refractivity contribution >= 4 is 23.2 Å². The smallest absolute Gasteiger partial charge is 0.174 e. The number of carbonyl (C=O) groups is 1. The number of nitrogens with zero attached hydrogens (tertiary/aromatic N) is 1. The fourth-order valence-electron chi connectivity index (χ4n) is 2.86. The van der Waals surface area contributed by atoms with E-state index in [9.17, 15) is 4.79 Å². The lowest BCUT2D eigenvalue weighted by Crippen LogP contribution is -2.20. The molecule has 1 atom stereocenters. The second-order valence-corrected chi connectivity index (χ2v) is 5.53. The largest absolute Gasteiger partial charge is 0.383 e. The molecule has 0 aliphatic heterocycles. The van der Waals surface area contributed by atoms with E-state index in [1.165, 1.54) is 11.8 Å². The number of halogens is 1. The highest BCUT2D eigenvalue weighted by atomic mass is 35.5. The summed E-state index contributed by atoms with van der Waals surface area (Å²) in [6, 6.07) is 9.73. The molecule has 0 amide bonds. The summed E-state index contributed by atoms with van der Waals surface area (Å²) in [7, 11) is 0. The quantitative estimate of drug-likeness (QED) is 0.858. The fraction of sp³-hybridized carbons (Fsp3) is 0.250. The van der Waals surface area contributed by atoms with Crippen LogP contribution in [0, 0.1) is 0 Å². The highest BCUT2D eigenvalue weighted by Crippen LogP contribution is 2.35. The van der Waals surface area contributed by atoms with Gasteiger partial charge in [-0.2, -0.15) is 0 Å². The molecule has 0 radical (unpaired) electrons. The maximum atomic E-state index is 12.8. The Morgan fingerprint density at radius 1 is 1.35 bits per heavy atom. The second-order valence-electron chi connectivity index (χ2n) is 5.09. The Balaban J connectivity index is 2.02. The van der Waals surface area contributed by atoms with E-state index in [0.29, 0.717) is 10.6 Å². The van der Waals surface area contributed by atoms with Crippen molar-refractivity contribution in [2.45, 2.75) is 25.2 Å². The summed E-state index contributed by atoms with van der Waals surface area (Å²) in [6.45, 7) is 0. The first-order valence-corrected chi connectivity index (χ1v) is 7.07. The third-order valence-corrected chi connectivity index (χ3v) is 4.04. The van der Waals surface area contributed by atoms with Crippen LogP contribution in [0.3, 0.4) is 0 Å². The van der Waals surface area contributed by atoms with Crippen molar-refractivity contribution in [1.82, 2.24) is 4.98 Å². The van der Waals surface area contributed by atoms with Gasteiger partial charge in [0.25, 0.3) is 0 Å². The molecule has 3 rings (SSSR count). The molecule has 1 aliphatic rings. The van der Waals surface area contributed by atoms with Gasteiger partial charge in [0.05, 0.1) is 10.6 Å². The molecule has 0 fully saturated rings. The number of pyridine rings is 1. The summed E-state index contributed by atoms with van der Waals surface area (Å²) in [6.07, 6.45) is 4.36. The Morgan fingerprint density at radius 2 is 2.15 bits per heavy atom. The molecule has 0 spiro atoms. The van der Waals surface area contributed by atoms with E-state index in [2.05, 4.69) is 11.1 Å². The van der Waals surface area contributed by atoms with Gasteiger partial charge in [0, 0.05) is 12.1 Å². The number of carbonyl (C=O) groups excluding carboxylic acids is 1. The van der Waals surface area contributed by atoms with Gasteiger partial charge >= 0.3 is 0 Å². The maximum absolute atomic E-state index is 12.8. The number of nitrogens with two attached hydrogens (primary N) is 1. The number of fused-ring (bicyclic) bond motifs is 1. The van der Waals surface area contributed by atoms with Gasteiger partial charge in [0.1, 0.15) is 5.82 Å². The van der Waals surface area contributed by atoms with Crippen molar-refractivity contribution in [2.24, 2.45) is 0 Å². The molecule has 1 heterocycles. The van der Waals surface area contributed by atoms with Crippen LogP contribution in [0.15, 0.2) is 36.5 Å². The number of aryl methyl sites for hydroxylation is 1. The molecule has 1 aromatic heterocycles. The number of ketones is 1. The van der Waals surface area contributed by atoms with Gasteiger partial charge in [0.15, 0.2) is 5.78 Å². The number of nitrogen functional groups attached to an aromatic ring is 1. The predicted molar refractivity (Wildman–Crippen MR) is 80.1 cm³/mol. The minimum atomic E-state index is -0.137. The second kappa shape index (κ2) is 5.25. The Kier molecular flexibility index (Phi) is 3.45. The van der Waals surface area contributed by atoms with Gasteiger partial charge in [-0.15, -0.1) is 0 Å². The van der Waals surface area contributed by atoms with Crippen molar-refractivity contribution < 1.29 is 4.79 Å². The summed E-state index contributed by atoms with van der Waals surface area (Å²) in [5, 5.41) is 0.437. The summed E-state index contributed by atoms with van der Waals surface area (Å²) in [4.78, 5) is 16.7.